The topological polar surface area (TPSA) is 66.8 Å². The van der Waals surface area contributed by atoms with Gasteiger partial charge in [0.1, 0.15) is 18.1 Å². The quantitative estimate of drug-likeness (QED) is 0.795. The maximum atomic E-state index is 12.4. The van der Waals surface area contributed by atoms with E-state index in [9.17, 15) is 14.7 Å². The van der Waals surface area contributed by atoms with Crippen LogP contribution in [0.2, 0.25) is 5.02 Å². The fraction of sp³-hybridized carbons (Fsp3) is 0.111. The summed E-state index contributed by atoms with van der Waals surface area (Å²) in [6.07, 6.45) is 1.51. The maximum absolute atomic E-state index is 12.4. The molecule has 0 atom stereocenters. The molecule has 2 aromatic carbocycles. The van der Waals surface area contributed by atoms with E-state index in [4.69, 9.17) is 16.3 Å². The predicted octanol–water partition coefficient (Wildman–Crippen LogP) is 4.16. The van der Waals surface area contributed by atoms with E-state index in [2.05, 4.69) is 0 Å². The number of rotatable bonds is 5. The number of phenols is 1. The molecule has 1 aliphatic heterocycles. The number of thioether (sulfide) groups is 1. The summed E-state index contributed by atoms with van der Waals surface area (Å²) in [7, 11) is 0. The number of amides is 2. The number of benzene rings is 2. The molecule has 2 aromatic rings. The van der Waals surface area contributed by atoms with E-state index in [0.717, 1.165) is 16.7 Å². The largest absolute Gasteiger partial charge is 0.507 e. The molecular weight excluding hydrogens is 362 g/mol. The van der Waals surface area contributed by atoms with Crippen LogP contribution in [0.25, 0.3) is 6.08 Å². The summed E-state index contributed by atoms with van der Waals surface area (Å²) in [6, 6.07) is 13.5. The Balaban J connectivity index is 1.63. The summed E-state index contributed by atoms with van der Waals surface area (Å²) >= 11 is 6.65. The van der Waals surface area contributed by atoms with E-state index >= 15 is 0 Å². The SMILES string of the molecule is O=C1S/C(=C\c2ccccc2O)C(=O)N1CCOc1ccc(Cl)cc1. The highest BCUT2D eigenvalue weighted by Crippen LogP contribution is 2.33. The number of imide groups is 1. The zero-order valence-electron chi connectivity index (χ0n) is 13.0. The molecule has 0 aromatic heterocycles. The number of carbonyl (C=O) groups is 2. The standard InChI is InChI=1S/C18H14ClNO4S/c19-13-5-7-14(8-6-13)24-10-9-20-17(22)16(25-18(20)23)11-12-3-1-2-4-15(12)21/h1-8,11,21H,9-10H2/b16-11-. The van der Waals surface area contributed by atoms with Crippen molar-refractivity contribution in [3.63, 3.8) is 0 Å². The summed E-state index contributed by atoms with van der Waals surface area (Å²) in [5.74, 6) is 0.277. The van der Waals surface area contributed by atoms with E-state index in [-0.39, 0.29) is 29.0 Å². The van der Waals surface area contributed by atoms with Gasteiger partial charge in [-0.2, -0.15) is 0 Å². The van der Waals surface area contributed by atoms with Crippen molar-refractivity contribution in [1.29, 1.82) is 0 Å². The Morgan fingerprint density at radius 2 is 1.84 bits per heavy atom. The van der Waals surface area contributed by atoms with Crippen LogP contribution in [0.3, 0.4) is 0 Å². The molecule has 1 fully saturated rings. The van der Waals surface area contributed by atoms with Crippen LogP contribution in [-0.4, -0.2) is 34.3 Å². The summed E-state index contributed by atoms with van der Waals surface area (Å²) < 4.78 is 5.52. The molecule has 25 heavy (non-hydrogen) atoms. The van der Waals surface area contributed by atoms with Crippen molar-refractivity contribution in [3.8, 4) is 11.5 Å². The average Bonchev–Trinajstić information content (AvgIpc) is 2.86. The second kappa shape index (κ2) is 7.63. The molecule has 0 saturated carbocycles. The molecule has 0 spiro atoms. The molecule has 1 heterocycles. The number of ether oxygens (including phenoxy) is 1. The Morgan fingerprint density at radius 3 is 2.56 bits per heavy atom. The zero-order chi connectivity index (χ0) is 17.8. The number of nitrogens with zero attached hydrogens (tertiary/aromatic N) is 1. The van der Waals surface area contributed by atoms with Crippen LogP contribution in [0.5, 0.6) is 11.5 Å². The molecule has 1 aliphatic rings. The summed E-state index contributed by atoms with van der Waals surface area (Å²) in [5, 5.41) is 10.0. The van der Waals surface area contributed by atoms with Gasteiger partial charge in [-0.15, -0.1) is 0 Å². The Bertz CT molecular complexity index is 835. The van der Waals surface area contributed by atoms with Crippen LogP contribution >= 0.6 is 23.4 Å². The first kappa shape index (κ1) is 17.4. The Hall–Kier alpha value is -2.44. The van der Waals surface area contributed by atoms with Gasteiger partial charge in [-0.3, -0.25) is 14.5 Å². The van der Waals surface area contributed by atoms with Crippen LogP contribution in [0.4, 0.5) is 4.79 Å². The van der Waals surface area contributed by atoms with Gasteiger partial charge in [0.15, 0.2) is 0 Å². The predicted molar refractivity (Wildman–Crippen MR) is 97.7 cm³/mol. The number of halogens is 1. The van der Waals surface area contributed by atoms with E-state index < -0.39 is 5.91 Å². The van der Waals surface area contributed by atoms with Crippen molar-refractivity contribution in [2.75, 3.05) is 13.2 Å². The number of para-hydroxylation sites is 1. The van der Waals surface area contributed by atoms with Crippen molar-refractivity contribution < 1.29 is 19.4 Å². The molecule has 0 bridgehead atoms. The van der Waals surface area contributed by atoms with Crippen molar-refractivity contribution >= 4 is 40.6 Å². The van der Waals surface area contributed by atoms with E-state index in [1.54, 1.807) is 42.5 Å². The van der Waals surface area contributed by atoms with Crippen molar-refractivity contribution in [1.82, 2.24) is 4.90 Å². The van der Waals surface area contributed by atoms with E-state index in [1.807, 2.05) is 0 Å². The van der Waals surface area contributed by atoms with Crippen molar-refractivity contribution in [2.45, 2.75) is 0 Å². The molecule has 2 amide bonds. The average molecular weight is 376 g/mol. The molecular formula is C18H14ClNO4S. The van der Waals surface area contributed by atoms with E-state index in [0.29, 0.717) is 16.3 Å². The lowest BCUT2D eigenvalue weighted by molar-refractivity contribution is -0.123. The van der Waals surface area contributed by atoms with Crippen LogP contribution in [0.1, 0.15) is 5.56 Å². The summed E-state index contributed by atoms with van der Waals surface area (Å²) in [5.41, 5.74) is 0.491. The lowest BCUT2D eigenvalue weighted by atomic mass is 10.2. The minimum Gasteiger partial charge on any atom is -0.507 e. The van der Waals surface area contributed by atoms with Crippen LogP contribution in [0, 0.1) is 0 Å². The molecule has 1 N–H and O–H groups in total. The second-order valence-electron chi connectivity index (χ2n) is 5.19. The molecule has 0 radical (unpaired) electrons. The lowest BCUT2D eigenvalue weighted by Gasteiger charge is -2.13. The Morgan fingerprint density at radius 1 is 1.12 bits per heavy atom. The monoisotopic (exact) mass is 375 g/mol. The Labute approximate surface area is 153 Å². The highest BCUT2D eigenvalue weighted by atomic mass is 35.5. The molecule has 128 valence electrons. The second-order valence-corrected chi connectivity index (χ2v) is 6.62. The minimum absolute atomic E-state index is 0.0559. The Kier molecular flexibility index (Phi) is 5.31. The van der Waals surface area contributed by atoms with Gasteiger partial charge in [0.25, 0.3) is 11.1 Å². The number of hydrogen-bond acceptors (Lipinski definition) is 5. The fourth-order valence-electron chi connectivity index (χ4n) is 2.23. The first-order chi connectivity index (χ1) is 12.0. The molecule has 0 aliphatic carbocycles. The maximum Gasteiger partial charge on any atom is 0.293 e. The van der Waals surface area contributed by atoms with Gasteiger partial charge < -0.3 is 9.84 Å². The highest BCUT2D eigenvalue weighted by Gasteiger charge is 2.34. The number of aromatic hydroxyl groups is 1. The van der Waals surface area contributed by atoms with Gasteiger partial charge in [0.05, 0.1) is 11.4 Å². The molecule has 1 saturated heterocycles. The third-order valence-electron chi connectivity index (χ3n) is 3.49. The van der Waals surface area contributed by atoms with Crippen LogP contribution in [-0.2, 0) is 4.79 Å². The van der Waals surface area contributed by atoms with Gasteiger partial charge in [-0.1, -0.05) is 29.8 Å². The zero-order valence-corrected chi connectivity index (χ0v) is 14.6. The summed E-state index contributed by atoms with van der Waals surface area (Å²) in [4.78, 5) is 25.8. The summed E-state index contributed by atoms with van der Waals surface area (Å²) in [6.45, 7) is 0.328. The third kappa shape index (κ3) is 4.15. The van der Waals surface area contributed by atoms with Crippen LogP contribution in [0.15, 0.2) is 53.4 Å². The number of carbonyl (C=O) groups excluding carboxylic acids is 2. The highest BCUT2D eigenvalue weighted by molar-refractivity contribution is 8.18. The fourth-order valence-corrected chi connectivity index (χ4v) is 3.21. The molecule has 0 unspecified atom stereocenters. The van der Waals surface area contributed by atoms with Crippen LogP contribution < -0.4 is 4.74 Å². The van der Waals surface area contributed by atoms with Gasteiger partial charge in [0.2, 0.25) is 0 Å². The number of hydrogen-bond donors (Lipinski definition) is 1. The van der Waals surface area contributed by atoms with Gasteiger partial charge in [0, 0.05) is 10.6 Å². The lowest BCUT2D eigenvalue weighted by Crippen LogP contribution is -2.32. The van der Waals surface area contributed by atoms with Gasteiger partial charge >= 0.3 is 0 Å². The van der Waals surface area contributed by atoms with Crippen molar-refractivity contribution in [2.24, 2.45) is 0 Å². The number of phenolic OH excluding ortho intramolecular Hbond substituents is 1. The molecule has 3 rings (SSSR count). The minimum atomic E-state index is -0.391. The first-order valence-corrected chi connectivity index (χ1v) is 8.66. The van der Waals surface area contributed by atoms with Gasteiger partial charge in [-0.25, -0.2) is 0 Å². The van der Waals surface area contributed by atoms with Crippen molar-refractivity contribution in [3.05, 3.63) is 64.0 Å². The van der Waals surface area contributed by atoms with E-state index in [1.165, 1.54) is 12.1 Å². The first-order valence-electron chi connectivity index (χ1n) is 7.46. The third-order valence-corrected chi connectivity index (χ3v) is 4.65. The molecule has 7 heteroatoms. The smallest absolute Gasteiger partial charge is 0.293 e. The normalized spacial score (nSPS) is 15.9. The molecule has 5 nitrogen and oxygen atoms in total. The van der Waals surface area contributed by atoms with Gasteiger partial charge in [-0.05, 0) is 48.2 Å².